The zero-order valence-electron chi connectivity index (χ0n) is 7.95. The van der Waals surface area contributed by atoms with Crippen LogP contribution < -0.4 is 16.4 Å². The molecule has 2 atom stereocenters. The molecule has 6 N–H and O–H groups in total. The number of carboxylic acids is 1. The van der Waals surface area contributed by atoms with E-state index < -0.39 is 12.0 Å². The van der Waals surface area contributed by atoms with Gasteiger partial charge in [0.15, 0.2) is 5.96 Å². The van der Waals surface area contributed by atoms with Gasteiger partial charge in [-0.15, -0.1) is 0 Å². The minimum absolute atomic E-state index is 0.0887. The predicted molar refractivity (Wildman–Crippen MR) is 57.8 cm³/mol. The van der Waals surface area contributed by atoms with Crippen molar-refractivity contribution >= 4 is 24.6 Å². The molecule has 82 valence electrons. The van der Waals surface area contributed by atoms with Gasteiger partial charge in [-0.1, -0.05) is 0 Å². The Labute approximate surface area is 88.2 Å². The van der Waals surface area contributed by atoms with E-state index in [-0.39, 0.29) is 17.8 Å². The third-order valence-corrected chi connectivity index (χ3v) is 1.92. The molecule has 0 aromatic rings. The Balaban J connectivity index is 3.79. The van der Waals surface area contributed by atoms with Gasteiger partial charge in [0.1, 0.15) is 6.04 Å². The van der Waals surface area contributed by atoms with Crippen LogP contribution in [0.2, 0.25) is 0 Å². The molecule has 0 aromatic heterocycles. The summed E-state index contributed by atoms with van der Waals surface area (Å²) in [6, 6.07) is -0.760. The van der Waals surface area contributed by atoms with Crippen LogP contribution in [0.15, 0.2) is 0 Å². The van der Waals surface area contributed by atoms with Crippen LogP contribution in [0.1, 0.15) is 6.92 Å². The van der Waals surface area contributed by atoms with E-state index >= 15 is 0 Å². The summed E-state index contributed by atoms with van der Waals surface area (Å²) in [4.78, 5) is 10.6. The number of nitrogens with two attached hydrogens (primary N) is 1. The van der Waals surface area contributed by atoms with Crippen LogP contribution in [0.5, 0.6) is 0 Å². The molecule has 0 saturated carbocycles. The SMILES string of the molecule is CC(CN[C@@H](CS)C(=O)O)NC(=N)N. The van der Waals surface area contributed by atoms with Gasteiger partial charge >= 0.3 is 5.97 Å². The molecule has 0 aliphatic carbocycles. The van der Waals surface area contributed by atoms with Crippen molar-refractivity contribution in [3.8, 4) is 0 Å². The number of carboxylic acid groups (broad SMARTS) is 1. The molecule has 0 aliphatic heterocycles. The molecule has 0 spiro atoms. The van der Waals surface area contributed by atoms with E-state index in [0.29, 0.717) is 6.54 Å². The van der Waals surface area contributed by atoms with Gasteiger partial charge in [-0.3, -0.25) is 10.2 Å². The largest absolute Gasteiger partial charge is 0.480 e. The van der Waals surface area contributed by atoms with Gasteiger partial charge in [-0.2, -0.15) is 12.6 Å². The topological polar surface area (TPSA) is 111 Å². The number of guanidine groups is 1. The highest BCUT2D eigenvalue weighted by Crippen LogP contribution is 1.89. The fourth-order valence-electron chi connectivity index (χ4n) is 0.865. The molecule has 1 unspecified atom stereocenters. The Kier molecular flexibility index (Phi) is 6.06. The van der Waals surface area contributed by atoms with Gasteiger partial charge < -0.3 is 21.5 Å². The monoisotopic (exact) mass is 220 g/mol. The lowest BCUT2D eigenvalue weighted by Gasteiger charge is -2.17. The number of hydrogen-bond acceptors (Lipinski definition) is 4. The number of aliphatic carboxylic acids is 1. The van der Waals surface area contributed by atoms with Gasteiger partial charge in [0.05, 0.1) is 0 Å². The molecular weight excluding hydrogens is 204 g/mol. The molecule has 0 aromatic carbocycles. The van der Waals surface area contributed by atoms with Gasteiger partial charge in [0, 0.05) is 18.3 Å². The van der Waals surface area contributed by atoms with E-state index in [2.05, 4.69) is 23.3 Å². The normalized spacial score (nSPS) is 14.4. The van der Waals surface area contributed by atoms with Gasteiger partial charge in [-0.05, 0) is 6.92 Å². The highest BCUT2D eigenvalue weighted by molar-refractivity contribution is 7.80. The Bertz CT molecular complexity index is 212. The Morgan fingerprint density at radius 1 is 1.71 bits per heavy atom. The molecular formula is C7H16N4O2S. The lowest BCUT2D eigenvalue weighted by atomic mass is 10.3. The standard InChI is InChI=1S/C7H16N4O2S/c1-4(11-7(8)9)2-10-5(3-14)6(12)13/h4-5,10,14H,2-3H2,1H3,(H,12,13)(H4,8,9,11)/t4?,5-/m0/s1. The quantitative estimate of drug-likeness (QED) is 0.192. The second-order valence-corrected chi connectivity index (χ2v) is 3.31. The predicted octanol–water partition coefficient (Wildman–Crippen LogP) is -1.17. The van der Waals surface area contributed by atoms with Gasteiger partial charge in [-0.25, -0.2) is 0 Å². The van der Waals surface area contributed by atoms with Crippen LogP contribution in [0.3, 0.4) is 0 Å². The molecule has 0 heterocycles. The first-order valence-corrected chi connectivity index (χ1v) is 4.78. The van der Waals surface area contributed by atoms with E-state index in [4.69, 9.17) is 16.2 Å². The summed E-state index contributed by atoms with van der Waals surface area (Å²) in [5, 5.41) is 21.0. The lowest BCUT2D eigenvalue weighted by Crippen LogP contribution is -2.48. The molecule has 0 bridgehead atoms. The van der Waals surface area contributed by atoms with E-state index in [1.807, 2.05) is 0 Å². The summed E-state index contributed by atoms with van der Waals surface area (Å²) in [6.07, 6.45) is 0. The minimum atomic E-state index is -0.935. The Hall–Kier alpha value is -0.950. The van der Waals surface area contributed by atoms with Crippen LogP contribution >= 0.6 is 12.6 Å². The van der Waals surface area contributed by atoms with Crippen molar-refractivity contribution in [3.63, 3.8) is 0 Å². The summed E-state index contributed by atoms with van der Waals surface area (Å²) in [7, 11) is 0. The fraction of sp³-hybridized carbons (Fsp3) is 0.714. The van der Waals surface area contributed by atoms with Crippen molar-refractivity contribution in [2.75, 3.05) is 12.3 Å². The number of nitrogens with one attached hydrogen (secondary N) is 3. The van der Waals surface area contributed by atoms with E-state index in [1.165, 1.54) is 0 Å². The molecule has 7 heteroatoms. The summed E-state index contributed by atoms with van der Waals surface area (Å²) >= 11 is 3.90. The number of hydrogen-bond donors (Lipinski definition) is 6. The smallest absolute Gasteiger partial charge is 0.321 e. The number of thiol groups is 1. The molecule has 0 saturated heterocycles. The van der Waals surface area contributed by atoms with Crippen molar-refractivity contribution < 1.29 is 9.90 Å². The minimum Gasteiger partial charge on any atom is -0.480 e. The maximum absolute atomic E-state index is 10.6. The maximum Gasteiger partial charge on any atom is 0.321 e. The van der Waals surface area contributed by atoms with Crippen LogP contribution in [-0.4, -0.2) is 41.4 Å². The van der Waals surface area contributed by atoms with E-state index in [0.717, 1.165) is 0 Å². The zero-order chi connectivity index (χ0) is 11.1. The molecule has 0 fully saturated rings. The number of carbonyl (C=O) groups is 1. The fourth-order valence-corrected chi connectivity index (χ4v) is 1.15. The highest BCUT2D eigenvalue weighted by atomic mass is 32.1. The molecule has 0 rings (SSSR count). The van der Waals surface area contributed by atoms with Gasteiger partial charge in [0.2, 0.25) is 0 Å². The average molecular weight is 220 g/mol. The van der Waals surface area contributed by atoms with Crippen molar-refractivity contribution in [1.82, 2.24) is 10.6 Å². The second-order valence-electron chi connectivity index (χ2n) is 2.94. The third-order valence-electron chi connectivity index (χ3n) is 1.55. The first kappa shape index (κ1) is 13.1. The molecule has 6 nitrogen and oxygen atoms in total. The van der Waals surface area contributed by atoms with Crippen LogP contribution in [0, 0.1) is 5.41 Å². The highest BCUT2D eigenvalue weighted by Gasteiger charge is 2.15. The summed E-state index contributed by atoms with van der Waals surface area (Å²) < 4.78 is 0. The van der Waals surface area contributed by atoms with Crippen molar-refractivity contribution in [3.05, 3.63) is 0 Å². The van der Waals surface area contributed by atoms with Gasteiger partial charge in [0.25, 0.3) is 0 Å². The maximum atomic E-state index is 10.6. The zero-order valence-corrected chi connectivity index (χ0v) is 8.84. The van der Waals surface area contributed by atoms with Crippen molar-refractivity contribution in [1.29, 1.82) is 5.41 Å². The van der Waals surface area contributed by atoms with Crippen LogP contribution in [0.25, 0.3) is 0 Å². The van der Waals surface area contributed by atoms with Crippen LogP contribution in [0.4, 0.5) is 0 Å². The molecule has 14 heavy (non-hydrogen) atoms. The third kappa shape index (κ3) is 5.65. The first-order chi connectivity index (χ1) is 6.47. The molecule has 0 aliphatic rings. The second kappa shape index (κ2) is 6.50. The van der Waals surface area contributed by atoms with Crippen LogP contribution in [-0.2, 0) is 4.79 Å². The van der Waals surface area contributed by atoms with Crippen molar-refractivity contribution in [2.45, 2.75) is 19.0 Å². The summed E-state index contributed by atoms with van der Waals surface area (Å²) in [5.41, 5.74) is 5.11. The van der Waals surface area contributed by atoms with E-state index in [1.54, 1.807) is 6.92 Å². The molecule has 0 radical (unpaired) electrons. The van der Waals surface area contributed by atoms with E-state index in [9.17, 15) is 4.79 Å². The average Bonchev–Trinajstić information content (AvgIpc) is 2.03. The Morgan fingerprint density at radius 2 is 2.29 bits per heavy atom. The summed E-state index contributed by atoms with van der Waals surface area (Å²) in [5.74, 6) is -0.839. The first-order valence-electron chi connectivity index (χ1n) is 4.15. The summed E-state index contributed by atoms with van der Waals surface area (Å²) in [6.45, 7) is 2.21. The molecule has 0 amide bonds. The number of rotatable bonds is 6. The lowest BCUT2D eigenvalue weighted by molar-refractivity contribution is -0.138. The Morgan fingerprint density at radius 3 is 2.64 bits per heavy atom. The van der Waals surface area contributed by atoms with Crippen molar-refractivity contribution in [2.24, 2.45) is 5.73 Å².